The van der Waals surface area contributed by atoms with Gasteiger partial charge in [0, 0.05) is 4.88 Å². The van der Waals surface area contributed by atoms with Crippen molar-refractivity contribution < 1.29 is 19.2 Å². The van der Waals surface area contributed by atoms with Crippen LogP contribution >= 0.6 is 11.3 Å². The lowest BCUT2D eigenvalue weighted by molar-refractivity contribution is -0.907. The van der Waals surface area contributed by atoms with Gasteiger partial charge in [-0.25, -0.2) is 0 Å². The van der Waals surface area contributed by atoms with E-state index in [0.717, 1.165) is 44.3 Å². The molecule has 132 valence electrons. The fourth-order valence-corrected chi connectivity index (χ4v) is 5.16. The second kappa shape index (κ2) is 7.21. The predicted molar refractivity (Wildman–Crippen MR) is 93.7 cm³/mol. The highest BCUT2D eigenvalue weighted by Crippen LogP contribution is 2.37. The van der Waals surface area contributed by atoms with Gasteiger partial charge >= 0.3 is 0 Å². The Labute approximate surface area is 146 Å². The number of ether oxygens (including phenoxy) is 1. The maximum absolute atomic E-state index is 12.5. The summed E-state index contributed by atoms with van der Waals surface area (Å²) in [6.45, 7) is 6.10. The molecule has 1 saturated heterocycles. The number of anilines is 1. The Morgan fingerprint density at radius 2 is 1.92 bits per heavy atom. The van der Waals surface area contributed by atoms with Crippen LogP contribution in [0.3, 0.4) is 0 Å². The molecule has 0 aromatic carbocycles. The van der Waals surface area contributed by atoms with Crippen LogP contribution in [0.25, 0.3) is 0 Å². The van der Waals surface area contributed by atoms with Crippen molar-refractivity contribution in [3.05, 3.63) is 16.0 Å². The first kappa shape index (κ1) is 17.4. The maximum atomic E-state index is 12.5. The normalized spacial score (nSPS) is 26.7. The molecular formula is C17H26N3O3S+. The Morgan fingerprint density at radius 1 is 1.25 bits per heavy atom. The van der Waals surface area contributed by atoms with Gasteiger partial charge in [-0.1, -0.05) is 0 Å². The van der Waals surface area contributed by atoms with Crippen molar-refractivity contribution in [3.8, 4) is 0 Å². The number of rotatable bonds is 4. The number of amides is 2. The fourth-order valence-electron chi connectivity index (χ4n) is 3.85. The molecule has 0 saturated carbocycles. The monoisotopic (exact) mass is 352 g/mol. The molecule has 3 rings (SSSR count). The Balaban J connectivity index is 1.70. The zero-order valence-electron chi connectivity index (χ0n) is 14.3. The first-order valence-corrected chi connectivity index (χ1v) is 9.49. The number of hydrogen-bond acceptors (Lipinski definition) is 4. The summed E-state index contributed by atoms with van der Waals surface area (Å²) in [4.78, 5) is 26.7. The Kier molecular flexibility index (Phi) is 5.22. The van der Waals surface area contributed by atoms with Gasteiger partial charge in [0.05, 0.1) is 5.56 Å². The number of primary amides is 1. The van der Waals surface area contributed by atoms with E-state index in [-0.39, 0.29) is 18.1 Å². The number of hydrogen-bond donors (Lipinski definition) is 3. The van der Waals surface area contributed by atoms with E-state index in [9.17, 15) is 9.59 Å². The summed E-state index contributed by atoms with van der Waals surface area (Å²) in [7, 11) is 0. The number of nitrogens with one attached hydrogen (secondary N) is 2. The highest BCUT2D eigenvalue weighted by atomic mass is 32.1. The van der Waals surface area contributed by atoms with Crippen LogP contribution in [0, 0.1) is 0 Å². The lowest BCUT2D eigenvalue weighted by atomic mass is 9.95. The molecule has 4 N–H and O–H groups in total. The lowest BCUT2D eigenvalue weighted by Gasteiger charge is -2.31. The van der Waals surface area contributed by atoms with Gasteiger partial charge in [0.1, 0.15) is 30.3 Å². The molecule has 1 fully saturated rings. The van der Waals surface area contributed by atoms with Crippen LogP contribution in [0.2, 0.25) is 0 Å². The van der Waals surface area contributed by atoms with Crippen molar-refractivity contribution in [3.63, 3.8) is 0 Å². The first-order valence-electron chi connectivity index (χ1n) is 8.67. The summed E-state index contributed by atoms with van der Waals surface area (Å²) < 4.78 is 5.71. The molecule has 6 nitrogen and oxygen atoms in total. The standard InChI is InChI=1S/C17H25N3O3S/c1-10-7-20(8-11(2)23-10)9-14(21)19-17-15(16(18)22)12-5-3-4-6-13(12)24-17/h10-11H,3-9H2,1-2H3,(H2,18,22)(H,19,21)/p+1/t10-,11-/m1/s1. The van der Waals surface area contributed by atoms with Crippen molar-refractivity contribution in [1.82, 2.24) is 0 Å². The molecule has 2 heterocycles. The predicted octanol–water partition coefficient (Wildman–Crippen LogP) is 0.356. The number of carbonyl (C=O) groups excluding carboxylic acids is 2. The molecule has 1 aromatic rings. The number of morpholine rings is 1. The third kappa shape index (κ3) is 3.79. The molecule has 0 bridgehead atoms. The quantitative estimate of drug-likeness (QED) is 0.731. The average molecular weight is 352 g/mol. The van der Waals surface area contributed by atoms with E-state index in [1.807, 2.05) is 13.8 Å². The van der Waals surface area contributed by atoms with Gasteiger partial charge in [0.15, 0.2) is 6.54 Å². The van der Waals surface area contributed by atoms with E-state index in [4.69, 9.17) is 10.5 Å². The third-order valence-electron chi connectivity index (χ3n) is 4.70. The van der Waals surface area contributed by atoms with E-state index in [2.05, 4.69) is 5.32 Å². The van der Waals surface area contributed by atoms with Crippen LogP contribution in [0.15, 0.2) is 0 Å². The molecule has 1 aliphatic heterocycles. The van der Waals surface area contributed by atoms with E-state index in [1.165, 1.54) is 21.1 Å². The Hall–Kier alpha value is -1.44. The molecule has 24 heavy (non-hydrogen) atoms. The molecule has 0 spiro atoms. The maximum Gasteiger partial charge on any atom is 0.280 e. The van der Waals surface area contributed by atoms with E-state index in [0.29, 0.717) is 17.1 Å². The van der Waals surface area contributed by atoms with Gasteiger partial charge in [-0.05, 0) is 45.1 Å². The first-order chi connectivity index (χ1) is 11.4. The summed E-state index contributed by atoms with van der Waals surface area (Å²) in [6.07, 6.45) is 4.38. The topological polar surface area (TPSA) is 85.9 Å². The van der Waals surface area contributed by atoms with Crippen LogP contribution in [0.1, 0.15) is 47.5 Å². The zero-order chi connectivity index (χ0) is 17.3. The largest absolute Gasteiger partial charge is 0.365 e. The summed E-state index contributed by atoms with van der Waals surface area (Å²) in [5.41, 5.74) is 7.15. The number of aryl methyl sites for hydroxylation is 1. The van der Waals surface area contributed by atoms with Gasteiger partial charge in [0.2, 0.25) is 0 Å². The minimum Gasteiger partial charge on any atom is -0.365 e. The minimum absolute atomic E-state index is 0.0626. The minimum atomic E-state index is -0.439. The van der Waals surface area contributed by atoms with E-state index < -0.39 is 5.91 Å². The molecule has 0 unspecified atom stereocenters. The second-order valence-corrected chi connectivity index (χ2v) is 8.02. The summed E-state index contributed by atoms with van der Waals surface area (Å²) in [6, 6.07) is 0. The SMILES string of the molecule is C[C@@H]1C[NH+](CC(=O)Nc2sc3c(c2C(N)=O)CCCC3)C[C@@H](C)O1. The van der Waals surface area contributed by atoms with Crippen LogP contribution in [-0.2, 0) is 22.4 Å². The smallest absolute Gasteiger partial charge is 0.280 e. The molecular weight excluding hydrogens is 326 g/mol. The van der Waals surface area contributed by atoms with Crippen molar-refractivity contribution >= 4 is 28.2 Å². The van der Waals surface area contributed by atoms with Gasteiger partial charge in [-0.2, -0.15) is 0 Å². The summed E-state index contributed by atoms with van der Waals surface area (Å²) in [5.74, 6) is -0.502. The molecule has 0 radical (unpaired) electrons. The Bertz CT molecular complexity index is 633. The molecule has 2 amide bonds. The Morgan fingerprint density at radius 3 is 2.58 bits per heavy atom. The highest BCUT2D eigenvalue weighted by molar-refractivity contribution is 7.17. The summed E-state index contributed by atoms with van der Waals surface area (Å²) >= 11 is 1.52. The number of nitrogens with two attached hydrogens (primary N) is 1. The zero-order valence-corrected chi connectivity index (χ0v) is 15.1. The molecule has 2 atom stereocenters. The van der Waals surface area contributed by atoms with Crippen molar-refractivity contribution in [2.24, 2.45) is 5.73 Å². The lowest BCUT2D eigenvalue weighted by Crippen LogP contribution is -3.16. The van der Waals surface area contributed by atoms with Crippen LogP contribution < -0.4 is 16.0 Å². The van der Waals surface area contributed by atoms with Crippen LogP contribution in [0.4, 0.5) is 5.00 Å². The van der Waals surface area contributed by atoms with Gasteiger partial charge in [-0.15, -0.1) is 11.3 Å². The summed E-state index contributed by atoms with van der Waals surface area (Å²) in [5, 5.41) is 3.58. The van der Waals surface area contributed by atoms with Crippen molar-refractivity contribution in [2.75, 3.05) is 25.0 Å². The second-order valence-electron chi connectivity index (χ2n) is 6.92. The number of thiophene rings is 1. The third-order valence-corrected chi connectivity index (χ3v) is 5.91. The molecule has 1 aromatic heterocycles. The van der Waals surface area contributed by atoms with Crippen molar-refractivity contribution in [2.45, 2.75) is 51.7 Å². The van der Waals surface area contributed by atoms with Crippen LogP contribution in [0.5, 0.6) is 0 Å². The number of fused-ring (bicyclic) bond motifs is 1. The molecule has 1 aliphatic carbocycles. The van der Waals surface area contributed by atoms with E-state index in [1.54, 1.807) is 0 Å². The highest BCUT2D eigenvalue weighted by Gasteiger charge is 2.29. The number of carbonyl (C=O) groups is 2. The van der Waals surface area contributed by atoms with Crippen LogP contribution in [-0.4, -0.2) is 43.7 Å². The van der Waals surface area contributed by atoms with Gasteiger partial charge in [0.25, 0.3) is 11.8 Å². The van der Waals surface area contributed by atoms with Gasteiger partial charge < -0.3 is 20.7 Å². The van der Waals surface area contributed by atoms with E-state index >= 15 is 0 Å². The van der Waals surface area contributed by atoms with Crippen molar-refractivity contribution in [1.29, 1.82) is 0 Å². The fraction of sp³-hybridized carbons (Fsp3) is 0.647. The molecule has 7 heteroatoms. The number of quaternary nitrogens is 1. The molecule has 2 aliphatic rings. The van der Waals surface area contributed by atoms with Gasteiger partial charge in [-0.3, -0.25) is 9.59 Å². The average Bonchev–Trinajstić information content (AvgIpc) is 2.83.